The fourth-order valence-electron chi connectivity index (χ4n) is 1.60. The largest absolute Gasteiger partial charge is 0.353 e. The predicted molar refractivity (Wildman–Crippen MR) is 69.9 cm³/mol. The third-order valence-corrected chi connectivity index (χ3v) is 3.60. The standard InChI is InChI=1S/C11H21N3OS/c1-4-14(5-2)10(15)9(3)13-11-12-7-6-8-16-11/h9H,4-8H2,1-3H3,(H,12,13). The van der Waals surface area contributed by atoms with Crippen LogP contribution in [0, 0.1) is 0 Å². The average Bonchev–Trinajstić information content (AvgIpc) is 2.31. The zero-order valence-corrected chi connectivity index (χ0v) is 11.1. The molecule has 0 radical (unpaired) electrons. The van der Waals surface area contributed by atoms with E-state index in [-0.39, 0.29) is 11.9 Å². The van der Waals surface area contributed by atoms with Crippen molar-refractivity contribution >= 4 is 22.8 Å². The van der Waals surface area contributed by atoms with Gasteiger partial charge >= 0.3 is 0 Å². The van der Waals surface area contributed by atoms with Gasteiger partial charge in [-0.25, -0.2) is 0 Å². The number of amides is 1. The van der Waals surface area contributed by atoms with Gasteiger partial charge in [0, 0.05) is 25.4 Å². The van der Waals surface area contributed by atoms with E-state index < -0.39 is 0 Å². The lowest BCUT2D eigenvalue weighted by Crippen LogP contribution is -2.46. The van der Waals surface area contributed by atoms with E-state index in [9.17, 15) is 4.79 Å². The second kappa shape index (κ2) is 6.78. The minimum atomic E-state index is -0.177. The van der Waals surface area contributed by atoms with E-state index in [4.69, 9.17) is 0 Å². The van der Waals surface area contributed by atoms with E-state index in [2.05, 4.69) is 10.3 Å². The molecule has 0 bridgehead atoms. The molecule has 1 atom stereocenters. The van der Waals surface area contributed by atoms with Crippen molar-refractivity contribution in [1.29, 1.82) is 0 Å². The minimum Gasteiger partial charge on any atom is -0.353 e. The zero-order valence-electron chi connectivity index (χ0n) is 10.3. The molecule has 16 heavy (non-hydrogen) atoms. The third kappa shape index (κ3) is 3.70. The van der Waals surface area contributed by atoms with Crippen LogP contribution in [0.15, 0.2) is 4.99 Å². The number of hydrogen-bond acceptors (Lipinski definition) is 4. The Morgan fingerprint density at radius 1 is 1.56 bits per heavy atom. The first-order valence-corrected chi connectivity index (χ1v) is 6.90. The summed E-state index contributed by atoms with van der Waals surface area (Å²) in [4.78, 5) is 18.2. The van der Waals surface area contributed by atoms with Gasteiger partial charge in [0.1, 0.15) is 6.04 Å². The number of likely N-dealkylation sites (N-methyl/N-ethyl adjacent to an activating group) is 1. The Labute approximate surface area is 102 Å². The molecular formula is C11H21N3OS. The smallest absolute Gasteiger partial charge is 0.244 e. The highest BCUT2D eigenvalue weighted by molar-refractivity contribution is 8.13. The number of amidine groups is 1. The summed E-state index contributed by atoms with van der Waals surface area (Å²) in [5.41, 5.74) is 0. The highest BCUT2D eigenvalue weighted by Gasteiger charge is 2.19. The van der Waals surface area contributed by atoms with Crippen LogP contribution in [0.4, 0.5) is 0 Å². The van der Waals surface area contributed by atoms with Crippen molar-refractivity contribution in [3.8, 4) is 0 Å². The molecule has 1 aliphatic rings. The van der Waals surface area contributed by atoms with Gasteiger partial charge in [0.25, 0.3) is 0 Å². The van der Waals surface area contributed by atoms with Crippen molar-refractivity contribution in [1.82, 2.24) is 10.2 Å². The molecule has 0 spiro atoms. The van der Waals surface area contributed by atoms with E-state index in [0.29, 0.717) is 0 Å². The lowest BCUT2D eigenvalue weighted by Gasteiger charge is -2.25. The van der Waals surface area contributed by atoms with Crippen LogP contribution < -0.4 is 5.32 Å². The van der Waals surface area contributed by atoms with Crippen molar-refractivity contribution in [3.63, 3.8) is 0 Å². The molecule has 0 aromatic rings. The van der Waals surface area contributed by atoms with E-state index in [1.54, 1.807) is 11.8 Å². The van der Waals surface area contributed by atoms with E-state index >= 15 is 0 Å². The molecule has 1 N–H and O–H groups in total. The number of carbonyl (C=O) groups excluding carboxylic acids is 1. The minimum absolute atomic E-state index is 0.152. The van der Waals surface area contributed by atoms with Crippen LogP contribution in [0.5, 0.6) is 0 Å². The first-order valence-electron chi connectivity index (χ1n) is 5.91. The Hall–Kier alpha value is -0.710. The molecule has 1 unspecified atom stereocenters. The third-order valence-electron chi connectivity index (χ3n) is 2.58. The van der Waals surface area contributed by atoms with Gasteiger partial charge in [-0.15, -0.1) is 0 Å². The summed E-state index contributed by atoms with van der Waals surface area (Å²) in [7, 11) is 0. The van der Waals surface area contributed by atoms with E-state index in [1.165, 1.54) is 0 Å². The second-order valence-electron chi connectivity index (χ2n) is 3.77. The average molecular weight is 243 g/mol. The highest BCUT2D eigenvalue weighted by atomic mass is 32.2. The van der Waals surface area contributed by atoms with Crippen LogP contribution in [0.3, 0.4) is 0 Å². The molecule has 0 aromatic carbocycles. The van der Waals surface area contributed by atoms with Gasteiger partial charge < -0.3 is 10.2 Å². The fraction of sp³-hybridized carbons (Fsp3) is 0.818. The molecule has 0 saturated heterocycles. The van der Waals surface area contributed by atoms with Crippen LogP contribution in [0.2, 0.25) is 0 Å². The molecule has 5 heteroatoms. The maximum atomic E-state index is 12.0. The van der Waals surface area contributed by atoms with Crippen molar-refractivity contribution in [2.75, 3.05) is 25.4 Å². The zero-order chi connectivity index (χ0) is 12.0. The van der Waals surface area contributed by atoms with Gasteiger partial charge in [-0.3, -0.25) is 9.79 Å². The summed E-state index contributed by atoms with van der Waals surface area (Å²) < 4.78 is 0. The Kier molecular flexibility index (Phi) is 5.66. The summed E-state index contributed by atoms with van der Waals surface area (Å²) in [5, 5.41) is 4.11. The van der Waals surface area contributed by atoms with Crippen LogP contribution >= 0.6 is 11.8 Å². The summed E-state index contributed by atoms with van der Waals surface area (Å²) >= 11 is 1.70. The van der Waals surface area contributed by atoms with Gasteiger partial charge in [-0.2, -0.15) is 0 Å². The van der Waals surface area contributed by atoms with Gasteiger partial charge in [0.15, 0.2) is 5.17 Å². The normalized spacial score (nSPS) is 17.6. The summed E-state index contributed by atoms with van der Waals surface area (Å²) in [6.45, 7) is 8.31. The maximum Gasteiger partial charge on any atom is 0.244 e. The molecule has 1 heterocycles. The number of aliphatic imine (C=N–C) groups is 1. The summed E-state index contributed by atoms with van der Waals surface area (Å²) in [6.07, 6.45) is 1.13. The SMILES string of the molecule is CCN(CC)C(=O)C(C)NC1=NCCCS1. The molecule has 0 aliphatic carbocycles. The van der Waals surface area contributed by atoms with Gasteiger partial charge in [0.2, 0.25) is 5.91 Å². The molecule has 4 nitrogen and oxygen atoms in total. The van der Waals surface area contributed by atoms with Crippen LogP contribution in [0.1, 0.15) is 27.2 Å². The lowest BCUT2D eigenvalue weighted by atomic mass is 10.3. The predicted octanol–water partition coefficient (Wildman–Crippen LogP) is 1.33. The van der Waals surface area contributed by atoms with Gasteiger partial charge in [0.05, 0.1) is 0 Å². The Morgan fingerprint density at radius 3 is 2.75 bits per heavy atom. The van der Waals surface area contributed by atoms with Crippen molar-refractivity contribution in [3.05, 3.63) is 0 Å². The number of nitrogens with one attached hydrogen (secondary N) is 1. The van der Waals surface area contributed by atoms with Gasteiger partial charge in [-0.05, 0) is 27.2 Å². The monoisotopic (exact) mass is 243 g/mol. The number of thioether (sulfide) groups is 1. The molecule has 1 rings (SSSR count). The topological polar surface area (TPSA) is 44.7 Å². The van der Waals surface area contributed by atoms with Gasteiger partial charge in [-0.1, -0.05) is 11.8 Å². The van der Waals surface area contributed by atoms with Crippen molar-refractivity contribution < 1.29 is 4.79 Å². The lowest BCUT2D eigenvalue weighted by molar-refractivity contribution is -0.132. The molecule has 92 valence electrons. The first-order chi connectivity index (χ1) is 7.69. The molecule has 1 amide bonds. The molecular weight excluding hydrogens is 222 g/mol. The van der Waals surface area contributed by atoms with Crippen molar-refractivity contribution in [2.24, 2.45) is 4.99 Å². The number of hydrogen-bond donors (Lipinski definition) is 1. The van der Waals surface area contributed by atoms with E-state index in [1.807, 2.05) is 25.7 Å². The van der Waals surface area contributed by atoms with Crippen molar-refractivity contribution in [2.45, 2.75) is 33.2 Å². The van der Waals surface area contributed by atoms with Crippen LogP contribution in [-0.2, 0) is 4.79 Å². The number of rotatable bonds is 4. The number of carbonyl (C=O) groups is 1. The van der Waals surface area contributed by atoms with E-state index in [0.717, 1.165) is 37.0 Å². The Morgan fingerprint density at radius 2 is 2.25 bits per heavy atom. The maximum absolute atomic E-state index is 12.0. The van der Waals surface area contributed by atoms with Crippen LogP contribution in [-0.4, -0.2) is 47.4 Å². The molecule has 0 fully saturated rings. The number of nitrogens with zero attached hydrogens (tertiary/aromatic N) is 2. The quantitative estimate of drug-likeness (QED) is 0.810. The Balaban J connectivity index is 2.47. The molecule has 0 aromatic heterocycles. The molecule has 0 saturated carbocycles. The summed E-state index contributed by atoms with van der Waals surface area (Å²) in [6, 6.07) is -0.177. The van der Waals surface area contributed by atoms with Crippen LogP contribution in [0.25, 0.3) is 0 Å². The first kappa shape index (κ1) is 13.4. The molecule has 1 aliphatic heterocycles. The highest BCUT2D eigenvalue weighted by Crippen LogP contribution is 2.11. The fourth-order valence-corrected chi connectivity index (χ4v) is 2.51. The second-order valence-corrected chi connectivity index (χ2v) is 4.85. The Bertz CT molecular complexity index is 264. The summed E-state index contributed by atoms with van der Waals surface area (Å²) in [5.74, 6) is 1.25.